The van der Waals surface area contributed by atoms with Crippen LogP contribution in [0.3, 0.4) is 0 Å². The number of carbonyl (C=O) groups excluding carboxylic acids is 1. The maximum absolute atomic E-state index is 12.6. The van der Waals surface area contributed by atoms with Crippen LogP contribution < -0.4 is 5.32 Å². The Morgan fingerprint density at radius 1 is 1.43 bits per heavy atom. The fourth-order valence-electron chi connectivity index (χ4n) is 1.80. The van der Waals surface area contributed by atoms with Gasteiger partial charge in [0, 0.05) is 0 Å². The third kappa shape index (κ3) is 5.12. The van der Waals surface area contributed by atoms with Crippen molar-refractivity contribution in [2.75, 3.05) is 12.4 Å². The summed E-state index contributed by atoms with van der Waals surface area (Å²) in [6, 6.07) is 2.33. The molecule has 0 saturated carbocycles. The monoisotopic (exact) mass is 323 g/mol. The Bertz CT molecular complexity index is 492. The van der Waals surface area contributed by atoms with E-state index < -0.39 is 23.8 Å². The van der Waals surface area contributed by atoms with Crippen LogP contribution in [0, 0.1) is 0 Å². The number of ether oxygens (including phenoxy) is 1. The Labute approximate surface area is 126 Å². The molecule has 0 spiro atoms. The number of hydrogen-bond donors (Lipinski definition) is 1. The van der Waals surface area contributed by atoms with Crippen LogP contribution >= 0.6 is 11.6 Å². The van der Waals surface area contributed by atoms with E-state index in [0.717, 1.165) is 25.0 Å². The molecule has 1 N–H and O–H groups in total. The van der Waals surface area contributed by atoms with Crippen LogP contribution in [0.15, 0.2) is 18.2 Å². The molecule has 0 aliphatic rings. The van der Waals surface area contributed by atoms with Crippen LogP contribution in [-0.4, -0.2) is 19.1 Å². The van der Waals surface area contributed by atoms with Gasteiger partial charge in [-0.3, -0.25) is 0 Å². The quantitative estimate of drug-likeness (QED) is 0.783. The summed E-state index contributed by atoms with van der Waals surface area (Å²) in [4.78, 5) is 11.7. The molecule has 0 saturated heterocycles. The molecule has 0 fully saturated rings. The number of nitrogens with one attached hydrogen (secondary N) is 1. The largest absolute Gasteiger partial charge is 0.467 e. The van der Waals surface area contributed by atoms with Crippen LogP contribution in [0.1, 0.15) is 31.7 Å². The second-order valence-electron chi connectivity index (χ2n) is 4.55. The minimum absolute atomic E-state index is 0.0878. The van der Waals surface area contributed by atoms with Gasteiger partial charge in [0.05, 0.1) is 23.4 Å². The third-order valence-electron chi connectivity index (χ3n) is 2.96. The smallest absolute Gasteiger partial charge is 0.416 e. The van der Waals surface area contributed by atoms with Crippen molar-refractivity contribution in [3.8, 4) is 0 Å². The Kier molecular flexibility index (Phi) is 6.33. The second kappa shape index (κ2) is 7.54. The van der Waals surface area contributed by atoms with Gasteiger partial charge in [0.25, 0.3) is 0 Å². The van der Waals surface area contributed by atoms with Crippen LogP contribution in [0.25, 0.3) is 0 Å². The minimum Gasteiger partial charge on any atom is -0.467 e. The number of rotatable bonds is 6. The van der Waals surface area contributed by atoms with E-state index in [4.69, 9.17) is 11.6 Å². The number of hydrogen-bond acceptors (Lipinski definition) is 3. The van der Waals surface area contributed by atoms with Crippen molar-refractivity contribution in [2.24, 2.45) is 0 Å². The molecular formula is C14H17ClF3NO2. The highest BCUT2D eigenvalue weighted by Gasteiger charge is 2.31. The van der Waals surface area contributed by atoms with Gasteiger partial charge in [-0.05, 0) is 24.6 Å². The third-order valence-corrected chi connectivity index (χ3v) is 3.27. The fraction of sp³-hybridized carbons (Fsp3) is 0.500. The van der Waals surface area contributed by atoms with Gasteiger partial charge in [0.2, 0.25) is 0 Å². The topological polar surface area (TPSA) is 38.3 Å². The SMILES string of the molecule is CCCCC(Nc1ccc(C(F)(F)F)cc1Cl)C(=O)OC. The lowest BCUT2D eigenvalue weighted by Gasteiger charge is -2.19. The first-order valence-electron chi connectivity index (χ1n) is 6.50. The summed E-state index contributed by atoms with van der Waals surface area (Å²) >= 11 is 5.85. The molecule has 21 heavy (non-hydrogen) atoms. The number of unbranched alkanes of at least 4 members (excludes halogenated alkanes) is 1. The zero-order valence-electron chi connectivity index (χ0n) is 11.8. The van der Waals surface area contributed by atoms with Gasteiger partial charge < -0.3 is 10.1 Å². The van der Waals surface area contributed by atoms with Gasteiger partial charge in [-0.25, -0.2) is 4.79 Å². The Morgan fingerprint density at radius 3 is 2.57 bits per heavy atom. The normalized spacial score (nSPS) is 12.9. The molecule has 0 heterocycles. The minimum atomic E-state index is -4.45. The number of esters is 1. The number of benzene rings is 1. The van der Waals surface area contributed by atoms with Gasteiger partial charge in [-0.2, -0.15) is 13.2 Å². The average Bonchev–Trinajstić information content (AvgIpc) is 2.43. The summed E-state index contributed by atoms with van der Waals surface area (Å²) in [6.45, 7) is 1.97. The lowest BCUT2D eigenvalue weighted by atomic mass is 10.1. The maximum atomic E-state index is 12.6. The molecular weight excluding hydrogens is 307 g/mol. The van der Waals surface area contributed by atoms with Gasteiger partial charge in [0.15, 0.2) is 0 Å². The molecule has 0 aliphatic carbocycles. The second-order valence-corrected chi connectivity index (χ2v) is 4.96. The summed E-state index contributed by atoms with van der Waals surface area (Å²) in [6.07, 6.45) is -2.27. The van der Waals surface area contributed by atoms with Gasteiger partial charge in [-0.15, -0.1) is 0 Å². The first-order chi connectivity index (χ1) is 9.79. The van der Waals surface area contributed by atoms with Gasteiger partial charge in [-0.1, -0.05) is 31.4 Å². The molecule has 7 heteroatoms. The summed E-state index contributed by atoms with van der Waals surface area (Å²) in [5.74, 6) is -0.473. The molecule has 0 amide bonds. The lowest BCUT2D eigenvalue weighted by Crippen LogP contribution is -2.30. The van der Waals surface area contributed by atoms with E-state index in [0.29, 0.717) is 6.42 Å². The van der Waals surface area contributed by atoms with Crippen LogP contribution in [-0.2, 0) is 15.7 Å². The number of anilines is 1. The Hall–Kier alpha value is -1.43. The van der Waals surface area contributed by atoms with E-state index in [1.54, 1.807) is 0 Å². The molecule has 3 nitrogen and oxygen atoms in total. The van der Waals surface area contributed by atoms with Crippen molar-refractivity contribution in [1.29, 1.82) is 0 Å². The molecule has 1 aromatic rings. The highest BCUT2D eigenvalue weighted by atomic mass is 35.5. The van der Waals surface area contributed by atoms with Gasteiger partial charge >= 0.3 is 12.1 Å². The fourth-order valence-corrected chi connectivity index (χ4v) is 2.03. The van der Waals surface area contributed by atoms with E-state index in [9.17, 15) is 18.0 Å². The Balaban J connectivity index is 2.91. The molecule has 0 radical (unpaired) electrons. The first-order valence-corrected chi connectivity index (χ1v) is 6.88. The van der Waals surface area contributed by atoms with E-state index >= 15 is 0 Å². The van der Waals surface area contributed by atoms with E-state index in [-0.39, 0.29) is 10.7 Å². The lowest BCUT2D eigenvalue weighted by molar-refractivity contribution is -0.141. The van der Waals surface area contributed by atoms with Crippen molar-refractivity contribution in [3.63, 3.8) is 0 Å². The summed E-state index contributed by atoms with van der Waals surface area (Å²) in [5.41, 5.74) is -0.558. The van der Waals surface area contributed by atoms with E-state index in [2.05, 4.69) is 10.1 Å². The highest BCUT2D eigenvalue weighted by Crippen LogP contribution is 2.34. The zero-order valence-corrected chi connectivity index (χ0v) is 12.5. The van der Waals surface area contributed by atoms with Crippen molar-refractivity contribution < 1.29 is 22.7 Å². The van der Waals surface area contributed by atoms with Crippen molar-refractivity contribution in [3.05, 3.63) is 28.8 Å². The number of halogens is 4. The molecule has 0 aromatic heterocycles. The van der Waals surface area contributed by atoms with Crippen LogP contribution in [0.2, 0.25) is 5.02 Å². The predicted octanol–water partition coefficient (Wildman–Crippen LogP) is 4.50. The summed E-state index contributed by atoms with van der Waals surface area (Å²) in [7, 11) is 1.26. The first kappa shape index (κ1) is 17.6. The van der Waals surface area contributed by atoms with Crippen molar-refractivity contribution in [2.45, 2.75) is 38.4 Å². The van der Waals surface area contributed by atoms with Crippen molar-refractivity contribution in [1.82, 2.24) is 0 Å². The highest BCUT2D eigenvalue weighted by molar-refractivity contribution is 6.33. The molecule has 0 aliphatic heterocycles. The molecule has 0 bridgehead atoms. The van der Waals surface area contributed by atoms with Gasteiger partial charge in [0.1, 0.15) is 6.04 Å². The predicted molar refractivity (Wildman–Crippen MR) is 75.4 cm³/mol. The standard InChI is InChI=1S/C14H17ClF3NO2/c1-3-4-5-12(13(20)21-2)19-11-7-6-9(8-10(11)15)14(16,17)18/h6-8,12,19H,3-5H2,1-2H3. The molecule has 1 unspecified atom stereocenters. The molecule has 1 rings (SSSR count). The zero-order chi connectivity index (χ0) is 16.0. The van der Waals surface area contributed by atoms with E-state index in [1.165, 1.54) is 13.2 Å². The number of carbonyl (C=O) groups is 1. The Morgan fingerprint density at radius 2 is 2.10 bits per heavy atom. The summed E-state index contributed by atoms with van der Waals surface area (Å²) < 4.78 is 42.3. The van der Waals surface area contributed by atoms with Crippen LogP contribution in [0.5, 0.6) is 0 Å². The summed E-state index contributed by atoms with van der Waals surface area (Å²) in [5, 5.41) is 2.75. The van der Waals surface area contributed by atoms with E-state index in [1.807, 2.05) is 6.92 Å². The maximum Gasteiger partial charge on any atom is 0.416 e. The number of methoxy groups -OCH3 is 1. The molecule has 118 valence electrons. The van der Waals surface area contributed by atoms with Crippen molar-refractivity contribution >= 4 is 23.3 Å². The average molecular weight is 324 g/mol. The van der Waals surface area contributed by atoms with Crippen LogP contribution in [0.4, 0.5) is 18.9 Å². The number of alkyl halides is 3. The molecule has 1 aromatic carbocycles. The molecule has 1 atom stereocenters.